The van der Waals surface area contributed by atoms with Crippen molar-refractivity contribution in [3.05, 3.63) is 35.4 Å². The summed E-state index contributed by atoms with van der Waals surface area (Å²) in [6.45, 7) is 1.81. The lowest BCUT2D eigenvalue weighted by Gasteiger charge is -2.13. The van der Waals surface area contributed by atoms with Crippen molar-refractivity contribution in [1.82, 2.24) is 9.97 Å². The Hall–Kier alpha value is -2.37. The third kappa shape index (κ3) is 2.74. The molecular weight excluding hydrogens is 271 g/mol. The van der Waals surface area contributed by atoms with Crippen LogP contribution in [0.3, 0.4) is 0 Å². The van der Waals surface area contributed by atoms with E-state index in [1.807, 2.05) is 6.92 Å². The Morgan fingerprint density at radius 1 is 1.33 bits per heavy atom. The van der Waals surface area contributed by atoms with Crippen molar-refractivity contribution in [2.45, 2.75) is 25.7 Å². The number of benzene rings is 1. The molecule has 3 rings (SSSR count). The summed E-state index contributed by atoms with van der Waals surface area (Å²) in [6.07, 6.45) is 2.16. The van der Waals surface area contributed by atoms with Gasteiger partial charge >= 0.3 is 0 Å². The summed E-state index contributed by atoms with van der Waals surface area (Å²) >= 11 is 0. The van der Waals surface area contributed by atoms with E-state index in [-0.39, 0.29) is 5.82 Å². The van der Waals surface area contributed by atoms with E-state index in [2.05, 4.69) is 15.3 Å². The number of aromatic nitrogens is 2. The fourth-order valence-electron chi connectivity index (χ4n) is 2.05. The lowest BCUT2D eigenvalue weighted by atomic mass is 10.2. The van der Waals surface area contributed by atoms with Crippen molar-refractivity contribution >= 4 is 17.3 Å². The first kappa shape index (κ1) is 13.6. The number of anilines is 3. The monoisotopic (exact) mass is 288 g/mol. The van der Waals surface area contributed by atoms with Crippen molar-refractivity contribution in [2.75, 3.05) is 18.2 Å². The van der Waals surface area contributed by atoms with Crippen molar-refractivity contribution < 1.29 is 9.13 Å². The molecule has 0 saturated heterocycles. The Bertz CT molecular complexity index is 686. The number of methoxy groups -OCH3 is 1. The van der Waals surface area contributed by atoms with Gasteiger partial charge in [-0.3, -0.25) is 0 Å². The van der Waals surface area contributed by atoms with Crippen molar-refractivity contribution in [3.8, 4) is 5.75 Å². The lowest BCUT2D eigenvalue weighted by molar-refractivity contribution is 0.414. The van der Waals surface area contributed by atoms with Gasteiger partial charge < -0.3 is 15.8 Å². The molecule has 0 aliphatic heterocycles. The molecule has 1 aromatic carbocycles. The molecule has 1 aliphatic rings. The number of nitrogens with one attached hydrogen (secondary N) is 1. The normalized spacial score (nSPS) is 14.0. The molecule has 2 aromatic rings. The SMILES string of the molecule is COc1ccc(F)c(Nc2nc(C3CC3)nc(N)c2C)c1. The molecule has 0 spiro atoms. The molecule has 21 heavy (non-hydrogen) atoms. The van der Waals surface area contributed by atoms with E-state index < -0.39 is 0 Å². The molecular formula is C15H17FN4O. The van der Waals surface area contributed by atoms with E-state index in [1.54, 1.807) is 12.1 Å². The van der Waals surface area contributed by atoms with E-state index in [9.17, 15) is 4.39 Å². The highest BCUT2D eigenvalue weighted by molar-refractivity contribution is 5.65. The Labute approximate surface area is 122 Å². The minimum absolute atomic E-state index is 0.303. The quantitative estimate of drug-likeness (QED) is 0.904. The lowest BCUT2D eigenvalue weighted by Crippen LogP contribution is -2.07. The minimum Gasteiger partial charge on any atom is -0.497 e. The number of nitrogen functional groups attached to an aromatic ring is 1. The molecule has 0 atom stereocenters. The summed E-state index contributed by atoms with van der Waals surface area (Å²) in [5.74, 6) is 2.27. The Morgan fingerprint density at radius 2 is 2.10 bits per heavy atom. The Balaban J connectivity index is 1.97. The van der Waals surface area contributed by atoms with Crippen LogP contribution in [0.5, 0.6) is 5.75 Å². The van der Waals surface area contributed by atoms with Gasteiger partial charge in [0.15, 0.2) is 0 Å². The van der Waals surface area contributed by atoms with Gasteiger partial charge in [0.05, 0.1) is 12.8 Å². The van der Waals surface area contributed by atoms with Crippen LogP contribution in [0, 0.1) is 12.7 Å². The molecule has 110 valence electrons. The van der Waals surface area contributed by atoms with Crippen LogP contribution in [0.2, 0.25) is 0 Å². The standard InChI is InChI=1S/C15H17FN4O/c1-8-13(17)19-15(9-3-4-9)20-14(8)18-12-7-10(21-2)5-6-11(12)16/h5-7,9H,3-4H2,1-2H3,(H3,17,18,19,20). The van der Waals surface area contributed by atoms with Gasteiger partial charge in [0.1, 0.15) is 29.0 Å². The van der Waals surface area contributed by atoms with Gasteiger partial charge in [-0.25, -0.2) is 14.4 Å². The number of hydrogen-bond acceptors (Lipinski definition) is 5. The number of nitrogens with zero attached hydrogens (tertiary/aromatic N) is 2. The second-order valence-corrected chi connectivity index (χ2v) is 5.19. The summed E-state index contributed by atoms with van der Waals surface area (Å²) in [6, 6.07) is 4.50. The molecule has 0 bridgehead atoms. The molecule has 0 radical (unpaired) electrons. The molecule has 0 unspecified atom stereocenters. The maximum Gasteiger partial charge on any atom is 0.146 e. The van der Waals surface area contributed by atoms with Crippen molar-refractivity contribution in [3.63, 3.8) is 0 Å². The molecule has 1 aliphatic carbocycles. The second-order valence-electron chi connectivity index (χ2n) is 5.19. The summed E-state index contributed by atoms with van der Waals surface area (Å²) in [5, 5.41) is 2.99. The number of hydrogen-bond donors (Lipinski definition) is 2. The summed E-state index contributed by atoms with van der Waals surface area (Å²) in [5.41, 5.74) is 6.94. The zero-order valence-electron chi connectivity index (χ0n) is 12.0. The number of halogens is 1. The molecule has 1 aromatic heterocycles. The van der Waals surface area contributed by atoms with Gasteiger partial charge in [-0.15, -0.1) is 0 Å². The predicted octanol–water partition coefficient (Wildman–Crippen LogP) is 3.14. The molecule has 5 nitrogen and oxygen atoms in total. The zero-order chi connectivity index (χ0) is 15.0. The minimum atomic E-state index is -0.375. The average Bonchev–Trinajstić information content (AvgIpc) is 3.30. The van der Waals surface area contributed by atoms with Gasteiger partial charge in [0, 0.05) is 17.5 Å². The van der Waals surface area contributed by atoms with Crippen LogP contribution in [-0.4, -0.2) is 17.1 Å². The van der Waals surface area contributed by atoms with Gasteiger partial charge in [0.25, 0.3) is 0 Å². The smallest absolute Gasteiger partial charge is 0.146 e. The van der Waals surface area contributed by atoms with Crippen molar-refractivity contribution in [2.24, 2.45) is 0 Å². The molecule has 1 saturated carbocycles. The molecule has 3 N–H and O–H groups in total. The first-order valence-corrected chi connectivity index (χ1v) is 6.83. The number of nitrogens with two attached hydrogens (primary N) is 1. The summed E-state index contributed by atoms with van der Waals surface area (Å²) in [7, 11) is 1.54. The van der Waals surface area contributed by atoms with Gasteiger partial charge in [-0.2, -0.15) is 0 Å². The third-order valence-electron chi connectivity index (χ3n) is 3.57. The average molecular weight is 288 g/mol. The van der Waals surface area contributed by atoms with E-state index in [0.29, 0.717) is 34.6 Å². The van der Waals surface area contributed by atoms with E-state index in [0.717, 1.165) is 18.7 Å². The molecule has 0 amide bonds. The second kappa shape index (κ2) is 5.20. The summed E-state index contributed by atoms with van der Waals surface area (Å²) in [4.78, 5) is 8.78. The highest BCUT2D eigenvalue weighted by atomic mass is 19.1. The first-order valence-electron chi connectivity index (χ1n) is 6.83. The number of ether oxygens (including phenoxy) is 1. The van der Waals surface area contributed by atoms with Crippen LogP contribution in [0.4, 0.5) is 21.7 Å². The molecule has 6 heteroatoms. The van der Waals surface area contributed by atoms with Crippen LogP contribution < -0.4 is 15.8 Å². The predicted molar refractivity (Wildman–Crippen MR) is 79.4 cm³/mol. The van der Waals surface area contributed by atoms with E-state index in [4.69, 9.17) is 10.5 Å². The number of rotatable bonds is 4. The largest absolute Gasteiger partial charge is 0.497 e. The fraction of sp³-hybridized carbons (Fsp3) is 0.333. The van der Waals surface area contributed by atoms with Crippen LogP contribution >= 0.6 is 0 Å². The first-order chi connectivity index (χ1) is 10.1. The zero-order valence-corrected chi connectivity index (χ0v) is 12.0. The maximum atomic E-state index is 13.9. The van der Waals surface area contributed by atoms with Crippen LogP contribution in [0.25, 0.3) is 0 Å². The van der Waals surface area contributed by atoms with Crippen LogP contribution in [0.15, 0.2) is 18.2 Å². The highest BCUT2D eigenvalue weighted by Crippen LogP contribution is 2.39. The topological polar surface area (TPSA) is 73.1 Å². The van der Waals surface area contributed by atoms with Crippen LogP contribution in [-0.2, 0) is 0 Å². The van der Waals surface area contributed by atoms with E-state index in [1.165, 1.54) is 13.2 Å². The highest BCUT2D eigenvalue weighted by Gasteiger charge is 2.28. The van der Waals surface area contributed by atoms with Crippen LogP contribution in [0.1, 0.15) is 30.1 Å². The maximum absolute atomic E-state index is 13.9. The third-order valence-corrected chi connectivity index (χ3v) is 3.57. The Kier molecular flexibility index (Phi) is 3.37. The summed E-state index contributed by atoms with van der Waals surface area (Å²) < 4.78 is 19.0. The van der Waals surface area contributed by atoms with Crippen molar-refractivity contribution in [1.29, 1.82) is 0 Å². The fourth-order valence-corrected chi connectivity index (χ4v) is 2.05. The molecule has 1 fully saturated rings. The Morgan fingerprint density at radius 3 is 2.76 bits per heavy atom. The van der Waals surface area contributed by atoms with Gasteiger partial charge in [-0.1, -0.05) is 0 Å². The molecule has 1 heterocycles. The van der Waals surface area contributed by atoms with E-state index >= 15 is 0 Å². The van der Waals surface area contributed by atoms with Gasteiger partial charge in [-0.05, 0) is 31.9 Å². The van der Waals surface area contributed by atoms with Gasteiger partial charge in [0.2, 0.25) is 0 Å².